The third-order valence-corrected chi connectivity index (χ3v) is 13.3. The van der Waals surface area contributed by atoms with Crippen molar-refractivity contribution in [2.24, 2.45) is 33.1 Å². The van der Waals surface area contributed by atoms with E-state index in [2.05, 4.69) is 77.9 Å². The van der Waals surface area contributed by atoms with Crippen LogP contribution >= 0.6 is 24.0 Å². The Hall–Kier alpha value is -8.53. The van der Waals surface area contributed by atoms with E-state index < -0.39 is 51.6 Å². The van der Waals surface area contributed by atoms with Gasteiger partial charge in [0.15, 0.2) is 45.2 Å². The van der Waals surface area contributed by atoms with Crippen LogP contribution in [0.5, 0.6) is 34.5 Å². The van der Waals surface area contributed by atoms with Crippen LogP contribution in [0.25, 0.3) is 0 Å². The molecule has 30 nitrogen and oxygen atoms in total. The van der Waals surface area contributed by atoms with Gasteiger partial charge in [0.1, 0.15) is 22.9 Å². The second kappa shape index (κ2) is 40.7. The van der Waals surface area contributed by atoms with Crippen molar-refractivity contribution in [2.75, 3.05) is 97.2 Å². The molecule has 0 aliphatic carbocycles. The maximum absolute atomic E-state index is 12.8. The van der Waals surface area contributed by atoms with Crippen molar-refractivity contribution in [3.05, 3.63) is 127 Å². The smallest absolute Gasteiger partial charge is 0.338 e. The topological polar surface area (TPSA) is 432 Å². The lowest BCUT2D eigenvalue weighted by atomic mass is 9.87. The number of carbonyl (C=O) groups excluding carboxylic acids is 3. The molecule has 31 heteroatoms. The molecule has 87 heavy (non-hydrogen) atoms. The second-order valence-electron chi connectivity index (χ2n) is 18.9. The number of carboxylic acids is 2. The summed E-state index contributed by atoms with van der Waals surface area (Å²) in [7, 11) is 17.2. The Morgan fingerprint density at radius 3 is 1.30 bits per heavy atom. The lowest BCUT2D eigenvalue weighted by molar-refractivity contribution is -0.925. The number of aliphatic carboxylic acids is 2. The number of likely N-dealkylation sites (N-methyl/N-ethyl adjacent to an activating group) is 2. The van der Waals surface area contributed by atoms with Gasteiger partial charge in [0.05, 0.1) is 79.4 Å². The summed E-state index contributed by atoms with van der Waals surface area (Å²) < 4.78 is 43.4. The number of rotatable bonds is 30. The van der Waals surface area contributed by atoms with Gasteiger partial charge < -0.3 is 91.4 Å². The molecule has 4 aromatic rings. The molecule has 4 unspecified atom stereocenters. The van der Waals surface area contributed by atoms with E-state index >= 15 is 0 Å². The van der Waals surface area contributed by atoms with Crippen molar-refractivity contribution in [1.29, 1.82) is 0 Å². The van der Waals surface area contributed by atoms with Gasteiger partial charge in [-0.05, 0) is 76.0 Å². The van der Waals surface area contributed by atoms with Gasteiger partial charge in [-0.1, -0.05) is 74.5 Å². The van der Waals surface area contributed by atoms with Gasteiger partial charge in [-0.15, -0.1) is 24.0 Å². The monoisotopic (exact) mass is 1340 g/mol. The minimum atomic E-state index is -1.33. The van der Waals surface area contributed by atoms with Crippen molar-refractivity contribution in [2.45, 2.75) is 75.5 Å². The number of esters is 2. The molecule has 0 heterocycles. The zero-order valence-corrected chi connectivity index (χ0v) is 53.5. The SMILES string of the molecule is CCC(COC(=O)c1cc(OC)c(OC)c(OC)c1)(c1ccccc1)N(C)C.CCC(COC(=O)c1cc(OC)c(OC)c(OC)c1)(c1ccccc1)[NH+](C)C.I.N/C(=N\[N+](=O)[O-])NCCCC(N)C(=O)O.N/C(=N\[N+](=O)[O-])NCCCC(N)C(=O)[O-]. The summed E-state index contributed by atoms with van der Waals surface area (Å²) in [5.74, 6) is -1.43. The molecule has 4 aromatic carbocycles. The molecular weight excluding hydrogens is 1260 g/mol. The van der Waals surface area contributed by atoms with E-state index in [-0.39, 0.29) is 80.6 Å². The van der Waals surface area contributed by atoms with Crippen LogP contribution in [0.3, 0.4) is 0 Å². The molecule has 12 N–H and O–H groups in total. The van der Waals surface area contributed by atoms with Crippen LogP contribution < -0.4 is 72.0 Å². The highest BCUT2D eigenvalue weighted by atomic mass is 127. The number of quaternary nitrogens is 1. The first-order valence-corrected chi connectivity index (χ1v) is 26.7. The summed E-state index contributed by atoms with van der Waals surface area (Å²) >= 11 is 0. The fraction of sp³-hybridized carbons (Fsp3) is 0.464. The highest BCUT2D eigenvalue weighted by Gasteiger charge is 2.39. The Bertz CT molecular complexity index is 2600. The van der Waals surface area contributed by atoms with Crippen LogP contribution in [-0.4, -0.2) is 165 Å². The number of carboxylic acid groups (broad SMARTS) is 2. The summed E-state index contributed by atoms with van der Waals surface area (Å²) in [4.78, 5) is 69.0. The molecule has 0 aliphatic rings. The number of hydrogen-bond acceptors (Lipinski definition) is 20. The summed E-state index contributed by atoms with van der Waals surface area (Å²) in [6.45, 7) is 5.20. The average molecular weight is 1340 g/mol. The van der Waals surface area contributed by atoms with Crippen LogP contribution in [0.15, 0.2) is 95.1 Å². The van der Waals surface area contributed by atoms with Gasteiger partial charge in [0.2, 0.25) is 11.5 Å². The number of carbonyl (C=O) groups is 4. The van der Waals surface area contributed by atoms with E-state index in [1.54, 1.807) is 24.3 Å². The first kappa shape index (κ1) is 78.5. The van der Waals surface area contributed by atoms with E-state index in [0.717, 1.165) is 24.0 Å². The molecule has 0 bridgehead atoms. The number of methoxy groups -OCH3 is 6. The molecule has 0 aromatic heterocycles. The summed E-state index contributed by atoms with van der Waals surface area (Å²) in [6.07, 6.45) is 2.88. The van der Waals surface area contributed by atoms with Gasteiger partial charge in [-0.2, -0.15) is 0 Å². The van der Waals surface area contributed by atoms with Gasteiger partial charge >= 0.3 is 17.9 Å². The van der Waals surface area contributed by atoms with E-state index in [4.69, 9.17) is 65.9 Å². The third-order valence-electron chi connectivity index (χ3n) is 13.3. The van der Waals surface area contributed by atoms with Crippen LogP contribution in [-0.2, 0) is 30.1 Å². The number of hydrogen-bond donors (Lipinski definition) is 8. The number of hydrazone groups is 2. The molecule has 0 spiro atoms. The number of nitrogens with two attached hydrogens (primary N) is 4. The van der Waals surface area contributed by atoms with Crippen LogP contribution in [0, 0.1) is 20.2 Å². The van der Waals surface area contributed by atoms with Crippen molar-refractivity contribution in [3.63, 3.8) is 0 Å². The normalized spacial score (nSPS) is 12.9. The standard InChI is InChI=1S/2C22H29NO5.2C6H13N5O4.HI/c2*1-7-22(23(2)3,17-11-9-8-10-12-17)15-28-21(24)16-13-18(25-4)20(27-6)19(14-16)26-5;2*7-4(5(12)13)2-1-3-9-6(8)10-11(14)15;/h2*8-14H,7,15H2,1-6H3;2*4H,1-3,7H2,(H,12,13)(H3,8,9,10);1H. The number of nitrogens with zero attached hydrogens (tertiary/aromatic N) is 5. The maximum atomic E-state index is 12.8. The van der Waals surface area contributed by atoms with Crippen LogP contribution in [0.1, 0.15) is 84.2 Å². The molecule has 0 saturated heterocycles. The Labute approximate surface area is 523 Å². The summed E-state index contributed by atoms with van der Waals surface area (Å²) in [5, 5.41) is 46.8. The Morgan fingerprint density at radius 2 is 1.00 bits per heavy atom. The number of ether oxygens (including phenoxy) is 8. The van der Waals surface area contributed by atoms with Crippen LogP contribution in [0.4, 0.5) is 0 Å². The number of benzene rings is 4. The highest BCUT2D eigenvalue weighted by molar-refractivity contribution is 14.0. The van der Waals surface area contributed by atoms with E-state index in [1.807, 2.05) is 50.5 Å². The maximum Gasteiger partial charge on any atom is 0.338 e. The predicted octanol–water partition coefficient (Wildman–Crippen LogP) is 1.89. The van der Waals surface area contributed by atoms with Crippen molar-refractivity contribution in [3.8, 4) is 34.5 Å². The fourth-order valence-electron chi connectivity index (χ4n) is 8.28. The van der Waals surface area contributed by atoms with E-state index in [9.17, 15) is 44.5 Å². The predicted molar refractivity (Wildman–Crippen MR) is 332 cm³/mol. The van der Waals surface area contributed by atoms with Gasteiger partial charge in [-0.25, -0.2) is 29.8 Å². The molecule has 4 rings (SSSR count). The highest BCUT2D eigenvalue weighted by Crippen LogP contribution is 2.40. The molecule has 0 radical (unpaired) electrons. The summed E-state index contributed by atoms with van der Waals surface area (Å²) in [5.41, 5.74) is 22.7. The van der Waals surface area contributed by atoms with Crippen LogP contribution in [0.2, 0.25) is 0 Å². The Kier molecular flexibility index (Phi) is 36.7. The Balaban J connectivity index is 0.00000118. The van der Waals surface area contributed by atoms with Crippen molar-refractivity contribution >= 4 is 59.8 Å². The molecule has 484 valence electrons. The zero-order chi connectivity index (χ0) is 65.2. The number of halogens is 1. The molecular formula is C56H85IN12O18. The molecule has 0 aliphatic heterocycles. The third kappa shape index (κ3) is 25.5. The lowest BCUT2D eigenvalue weighted by Gasteiger charge is -2.39. The Morgan fingerprint density at radius 1 is 0.632 bits per heavy atom. The van der Waals surface area contributed by atoms with Crippen molar-refractivity contribution < 1.29 is 82.3 Å². The molecule has 0 saturated carbocycles. The second-order valence-corrected chi connectivity index (χ2v) is 18.9. The zero-order valence-electron chi connectivity index (χ0n) is 51.1. The first-order chi connectivity index (χ1) is 40.7. The first-order valence-electron chi connectivity index (χ1n) is 26.7. The average Bonchev–Trinajstić information content (AvgIpc) is 1.52. The van der Waals surface area contributed by atoms with E-state index in [0.29, 0.717) is 58.5 Å². The largest absolute Gasteiger partial charge is 0.548 e. The van der Waals surface area contributed by atoms with Crippen molar-refractivity contribution in [1.82, 2.24) is 15.5 Å². The number of nitro groups is 2. The minimum absolute atomic E-state index is 0. The van der Waals surface area contributed by atoms with Gasteiger partial charge in [-0.3, -0.25) is 9.69 Å². The number of guanidine groups is 2. The summed E-state index contributed by atoms with van der Waals surface area (Å²) in [6, 6.07) is 24.6. The lowest BCUT2D eigenvalue weighted by Crippen LogP contribution is -3.14. The van der Waals surface area contributed by atoms with Gasteiger partial charge in [0.25, 0.3) is 11.9 Å². The number of nitrogens with one attached hydrogen (secondary N) is 3. The fourth-order valence-corrected chi connectivity index (χ4v) is 8.28. The van der Waals surface area contributed by atoms with E-state index in [1.165, 1.54) is 47.6 Å². The molecule has 0 fully saturated rings. The van der Waals surface area contributed by atoms with Gasteiger partial charge in [0, 0.05) is 31.1 Å². The molecule has 4 atom stereocenters. The molecule has 0 amide bonds. The minimum Gasteiger partial charge on any atom is -0.548 e. The quantitative estimate of drug-likeness (QED) is 0.00703.